The lowest BCUT2D eigenvalue weighted by atomic mass is 10.2. The van der Waals surface area contributed by atoms with Crippen LogP contribution in [0.25, 0.3) is 6.08 Å². The summed E-state index contributed by atoms with van der Waals surface area (Å²) in [6, 6.07) is 15.3. The van der Waals surface area contributed by atoms with Crippen LogP contribution in [0.5, 0.6) is 11.5 Å². The van der Waals surface area contributed by atoms with E-state index in [2.05, 4.69) is 5.32 Å². The second-order valence-electron chi connectivity index (χ2n) is 4.96. The Morgan fingerprint density at radius 3 is 2.61 bits per heavy atom. The molecule has 4 nitrogen and oxygen atoms in total. The topological polar surface area (TPSA) is 47.6 Å². The monoisotopic (exact) mass is 311 g/mol. The number of amides is 1. The van der Waals surface area contributed by atoms with Crippen molar-refractivity contribution in [3.8, 4) is 11.5 Å². The molecule has 4 heteroatoms. The van der Waals surface area contributed by atoms with E-state index in [1.165, 1.54) is 0 Å². The summed E-state index contributed by atoms with van der Waals surface area (Å²) in [5, 5.41) is 2.82. The highest BCUT2D eigenvalue weighted by molar-refractivity contribution is 5.77. The fourth-order valence-corrected chi connectivity index (χ4v) is 2.09. The molecule has 2 rings (SSSR count). The molecule has 120 valence electrons. The van der Waals surface area contributed by atoms with Crippen LogP contribution in [0.3, 0.4) is 0 Å². The Hall–Kier alpha value is -2.75. The number of ether oxygens (including phenoxy) is 2. The second-order valence-corrected chi connectivity index (χ2v) is 4.96. The van der Waals surface area contributed by atoms with Gasteiger partial charge in [-0.25, -0.2) is 0 Å². The quantitative estimate of drug-likeness (QED) is 0.852. The van der Waals surface area contributed by atoms with E-state index in [0.717, 1.165) is 11.1 Å². The molecule has 23 heavy (non-hydrogen) atoms. The molecule has 0 atom stereocenters. The van der Waals surface area contributed by atoms with E-state index in [1.807, 2.05) is 61.5 Å². The molecule has 2 aromatic rings. The minimum Gasteiger partial charge on any atom is -0.493 e. The van der Waals surface area contributed by atoms with E-state index >= 15 is 0 Å². The minimum absolute atomic E-state index is 0.0494. The third kappa shape index (κ3) is 5.18. The van der Waals surface area contributed by atoms with Crippen LogP contribution in [0.1, 0.15) is 18.1 Å². The van der Waals surface area contributed by atoms with Crippen LogP contribution in [0, 0.1) is 0 Å². The number of carbonyl (C=O) groups is 1. The molecule has 0 spiro atoms. The van der Waals surface area contributed by atoms with Gasteiger partial charge in [0.1, 0.15) is 0 Å². The van der Waals surface area contributed by atoms with Gasteiger partial charge in [-0.1, -0.05) is 48.6 Å². The van der Waals surface area contributed by atoms with Crippen molar-refractivity contribution in [1.29, 1.82) is 0 Å². The Bertz CT molecular complexity index is 666. The van der Waals surface area contributed by atoms with Gasteiger partial charge in [-0.3, -0.25) is 4.79 Å². The summed E-state index contributed by atoms with van der Waals surface area (Å²) >= 11 is 0. The van der Waals surface area contributed by atoms with Crippen molar-refractivity contribution in [2.75, 3.05) is 13.7 Å². The number of rotatable bonds is 7. The van der Waals surface area contributed by atoms with Gasteiger partial charge in [-0.15, -0.1) is 0 Å². The number of carbonyl (C=O) groups excluding carboxylic acids is 1. The highest BCUT2D eigenvalue weighted by Crippen LogP contribution is 2.28. The van der Waals surface area contributed by atoms with Crippen LogP contribution in [-0.2, 0) is 11.3 Å². The van der Waals surface area contributed by atoms with Gasteiger partial charge in [0, 0.05) is 6.54 Å². The number of benzene rings is 2. The SMILES string of the molecule is CC=Cc1ccc(OCC(=O)NCc2ccccc2)c(OC)c1. The lowest BCUT2D eigenvalue weighted by molar-refractivity contribution is -0.123. The second kappa shape index (κ2) is 8.63. The average Bonchev–Trinajstić information content (AvgIpc) is 2.59. The van der Waals surface area contributed by atoms with Gasteiger partial charge >= 0.3 is 0 Å². The van der Waals surface area contributed by atoms with Crippen molar-refractivity contribution < 1.29 is 14.3 Å². The third-order valence-corrected chi connectivity index (χ3v) is 3.24. The van der Waals surface area contributed by atoms with Gasteiger partial charge in [0.15, 0.2) is 18.1 Å². The molecule has 0 aliphatic rings. The van der Waals surface area contributed by atoms with Gasteiger partial charge in [0.2, 0.25) is 0 Å². The van der Waals surface area contributed by atoms with Crippen LogP contribution in [-0.4, -0.2) is 19.6 Å². The van der Waals surface area contributed by atoms with E-state index in [-0.39, 0.29) is 12.5 Å². The molecule has 0 fully saturated rings. The molecule has 0 saturated carbocycles. The normalized spacial score (nSPS) is 10.5. The van der Waals surface area contributed by atoms with Crippen LogP contribution >= 0.6 is 0 Å². The molecule has 1 amide bonds. The van der Waals surface area contributed by atoms with Crippen LogP contribution < -0.4 is 14.8 Å². The Balaban J connectivity index is 1.88. The van der Waals surface area contributed by atoms with Crippen molar-refractivity contribution in [2.24, 2.45) is 0 Å². The highest BCUT2D eigenvalue weighted by Gasteiger charge is 2.08. The fourth-order valence-electron chi connectivity index (χ4n) is 2.09. The van der Waals surface area contributed by atoms with E-state index in [4.69, 9.17) is 9.47 Å². The van der Waals surface area contributed by atoms with Crippen molar-refractivity contribution in [1.82, 2.24) is 5.32 Å². The first-order valence-corrected chi connectivity index (χ1v) is 7.47. The van der Waals surface area contributed by atoms with Gasteiger partial charge in [0.25, 0.3) is 5.91 Å². The Labute approximate surface area is 136 Å². The minimum atomic E-state index is -0.173. The van der Waals surface area contributed by atoms with Gasteiger partial charge in [-0.05, 0) is 30.2 Å². The maximum absolute atomic E-state index is 11.9. The van der Waals surface area contributed by atoms with Crippen molar-refractivity contribution >= 4 is 12.0 Å². The molecular weight excluding hydrogens is 290 g/mol. The Morgan fingerprint density at radius 1 is 1.13 bits per heavy atom. The first kappa shape index (κ1) is 16.6. The molecule has 0 aliphatic heterocycles. The van der Waals surface area contributed by atoms with Crippen LogP contribution in [0.2, 0.25) is 0 Å². The summed E-state index contributed by atoms with van der Waals surface area (Å²) in [7, 11) is 1.58. The van der Waals surface area contributed by atoms with E-state index < -0.39 is 0 Å². The molecule has 0 radical (unpaired) electrons. The zero-order valence-electron chi connectivity index (χ0n) is 13.4. The van der Waals surface area contributed by atoms with Crippen molar-refractivity contribution in [3.05, 3.63) is 65.7 Å². The molecule has 0 heterocycles. The number of hydrogen-bond donors (Lipinski definition) is 1. The van der Waals surface area contributed by atoms with Gasteiger partial charge in [-0.2, -0.15) is 0 Å². The molecule has 0 bridgehead atoms. The molecule has 2 aromatic carbocycles. The van der Waals surface area contributed by atoms with Crippen LogP contribution in [0.15, 0.2) is 54.6 Å². The lowest BCUT2D eigenvalue weighted by Crippen LogP contribution is -2.28. The predicted molar refractivity (Wildman–Crippen MR) is 91.5 cm³/mol. The molecule has 1 N–H and O–H groups in total. The molecule has 0 saturated heterocycles. The fraction of sp³-hybridized carbons (Fsp3) is 0.211. The first-order valence-electron chi connectivity index (χ1n) is 7.47. The highest BCUT2D eigenvalue weighted by atomic mass is 16.5. The largest absolute Gasteiger partial charge is 0.493 e. The van der Waals surface area contributed by atoms with Crippen LogP contribution in [0.4, 0.5) is 0 Å². The molecule has 0 unspecified atom stereocenters. The van der Waals surface area contributed by atoms with Gasteiger partial charge in [0.05, 0.1) is 7.11 Å². The number of methoxy groups -OCH3 is 1. The third-order valence-electron chi connectivity index (χ3n) is 3.24. The molecule has 0 aromatic heterocycles. The lowest BCUT2D eigenvalue weighted by Gasteiger charge is -2.11. The summed E-state index contributed by atoms with van der Waals surface area (Å²) in [5.41, 5.74) is 2.07. The Kier molecular flexibility index (Phi) is 6.24. The zero-order valence-corrected chi connectivity index (χ0v) is 13.4. The summed E-state index contributed by atoms with van der Waals surface area (Å²) in [6.45, 7) is 2.39. The van der Waals surface area contributed by atoms with Crippen molar-refractivity contribution in [2.45, 2.75) is 13.5 Å². The summed E-state index contributed by atoms with van der Waals surface area (Å²) in [4.78, 5) is 11.9. The zero-order chi connectivity index (χ0) is 16.5. The summed E-state index contributed by atoms with van der Waals surface area (Å²) < 4.78 is 10.9. The van der Waals surface area contributed by atoms with E-state index in [9.17, 15) is 4.79 Å². The van der Waals surface area contributed by atoms with Gasteiger partial charge < -0.3 is 14.8 Å². The number of allylic oxidation sites excluding steroid dienone is 1. The average molecular weight is 311 g/mol. The standard InChI is InChI=1S/C19H21NO3/c1-3-7-15-10-11-17(18(12-15)22-2)23-14-19(21)20-13-16-8-5-4-6-9-16/h3-12H,13-14H2,1-2H3,(H,20,21). The maximum Gasteiger partial charge on any atom is 0.258 e. The first-order chi connectivity index (χ1) is 11.2. The Morgan fingerprint density at radius 2 is 1.91 bits per heavy atom. The smallest absolute Gasteiger partial charge is 0.258 e. The number of hydrogen-bond acceptors (Lipinski definition) is 3. The van der Waals surface area contributed by atoms with E-state index in [0.29, 0.717) is 18.0 Å². The predicted octanol–water partition coefficient (Wildman–Crippen LogP) is 3.42. The maximum atomic E-state index is 11.9. The van der Waals surface area contributed by atoms with E-state index in [1.54, 1.807) is 13.2 Å². The summed E-state index contributed by atoms with van der Waals surface area (Å²) in [6.07, 6.45) is 3.92. The molecular formula is C19H21NO3. The van der Waals surface area contributed by atoms with Crippen molar-refractivity contribution in [3.63, 3.8) is 0 Å². The molecule has 0 aliphatic carbocycles. The number of nitrogens with one attached hydrogen (secondary N) is 1. The summed E-state index contributed by atoms with van der Waals surface area (Å²) in [5.74, 6) is 0.987.